The van der Waals surface area contributed by atoms with Crippen molar-refractivity contribution >= 4 is 11.8 Å². The SMILES string of the molecule is COc1ccc2c(c1)OCCNC(=O)CN(CC1Cc3c(C)nc(C)nc3O1)CCCNC2=O. The van der Waals surface area contributed by atoms with E-state index in [1.807, 2.05) is 13.8 Å². The van der Waals surface area contributed by atoms with Crippen LogP contribution in [0.1, 0.15) is 33.9 Å². The average Bonchev–Trinajstić information content (AvgIpc) is 3.21. The molecule has 34 heavy (non-hydrogen) atoms. The predicted molar refractivity (Wildman–Crippen MR) is 125 cm³/mol. The maximum absolute atomic E-state index is 12.7. The first kappa shape index (κ1) is 23.7. The summed E-state index contributed by atoms with van der Waals surface area (Å²) in [6.45, 7) is 6.29. The van der Waals surface area contributed by atoms with Gasteiger partial charge in [0, 0.05) is 43.4 Å². The molecular formula is C24H31N5O5. The number of benzene rings is 1. The molecule has 2 aromatic rings. The highest BCUT2D eigenvalue weighted by molar-refractivity contribution is 5.97. The van der Waals surface area contributed by atoms with Gasteiger partial charge in [0.25, 0.3) is 5.91 Å². The molecular weight excluding hydrogens is 438 g/mol. The van der Waals surface area contributed by atoms with Crippen LogP contribution in [0.2, 0.25) is 0 Å². The normalized spacial score (nSPS) is 19.6. The molecule has 2 aliphatic heterocycles. The Morgan fingerprint density at radius 2 is 2.03 bits per heavy atom. The molecule has 0 aliphatic carbocycles. The fraction of sp³-hybridized carbons (Fsp3) is 0.500. The second-order valence-electron chi connectivity index (χ2n) is 8.49. The van der Waals surface area contributed by atoms with Gasteiger partial charge in [-0.05, 0) is 32.4 Å². The second kappa shape index (κ2) is 10.7. The average molecular weight is 470 g/mol. The van der Waals surface area contributed by atoms with Gasteiger partial charge in [0.2, 0.25) is 11.8 Å². The summed E-state index contributed by atoms with van der Waals surface area (Å²) in [6.07, 6.45) is 1.30. The highest BCUT2D eigenvalue weighted by Gasteiger charge is 2.29. The predicted octanol–water partition coefficient (Wildman–Crippen LogP) is 1.04. The van der Waals surface area contributed by atoms with E-state index in [2.05, 4.69) is 25.5 Å². The van der Waals surface area contributed by atoms with Crippen molar-refractivity contribution in [3.63, 3.8) is 0 Å². The number of amides is 2. The molecule has 0 saturated carbocycles. The lowest BCUT2D eigenvalue weighted by atomic mass is 10.1. The Morgan fingerprint density at radius 1 is 1.18 bits per heavy atom. The van der Waals surface area contributed by atoms with Gasteiger partial charge >= 0.3 is 0 Å². The third-order valence-corrected chi connectivity index (χ3v) is 5.88. The number of ether oxygens (including phenoxy) is 3. The van der Waals surface area contributed by atoms with E-state index in [1.54, 1.807) is 25.3 Å². The second-order valence-corrected chi connectivity index (χ2v) is 8.49. The van der Waals surface area contributed by atoms with Gasteiger partial charge in [-0.2, -0.15) is 4.98 Å². The van der Waals surface area contributed by atoms with Gasteiger partial charge in [-0.3, -0.25) is 14.5 Å². The number of hydrogen-bond donors (Lipinski definition) is 2. The summed E-state index contributed by atoms with van der Waals surface area (Å²) in [5.41, 5.74) is 2.40. The van der Waals surface area contributed by atoms with Gasteiger partial charge in [-0.15, -0.1) is 0 Å². The molecule has 1 atom stereocenters. The summed E-state index contributed by atoms with van der Waals surface area (Å²) < 4.78 is 17.1. The van der Waals surface area contributed by atoms with Crippen LogP contribution in [0.4, 0.5) is 0 Å². The molecule has 0 fully saturated rings. The van der Waals surface area contributed by atoms with Crippen LogP contribution in [-0.4, -0.2) is 79.2 Å². The van der Waals surface area contributed by atoms with Crippen LogP contribution in [0.25, 0.3) is 0 Å². The van der Waals surface area contributed by atoms with Crippen molar-refractivity contribution < 1.29 is 23.8 Å². The van der Waals surface area contributed by atoms with Gasteiger partial charge < -0.3 is 24.8 Å². The molecule has 0 saturated heterocycles. The molecule has 0 bridgehead atoms. The summed E-state index contributed by atoms with van der Waals surface area (Å²) in [6, 6.07) is 5.08. The summed E-state index contributed by atoms with van der Waals surface area (Å²) in [5.74, 6) is 2.06. The van der Waals surface area contributed by atoms with E-state index in [0.29, 0.717) is 67.8 Å². The van der Waals surface area contributed by atoms with Crippen molar-refractivity contribution in [3.05, 3.63) is 40.8 Å². The van der Waals surface area contributed by atoms with Crippen LogP contribution in [0.3, 0.4) is 0 Å². The monoisotopic (exact) mass is 469 g/mol. The van der Waals surface area contributed by atoms with Crippen LogP contribution < -0.4 is 24.8 Å². The Kier molecular flexibility index (Phi) is 7.46. The first-order valence-corrected chi connectivity index (χ1v) is 11.5. The zero-order valence-corrected chi connectivity index (χ0v) is 19.8. The number of carbonyl (C=O) groups is 2. The standard InChI is InChI=1S/C24H31N5O5/c1-15-20-11-18(34-24(20)28-16(2)27-15)13-29-9-4-7-26-23(31)19-6-5-17(32-3)12-21(19)33-10-8-25-22(30)14-29/h5-6,12,18H,4,7-11,13-14H2,1-3H3,(H,25,30)(H,26,31). The number of fused-ring (bicyclic) bond motifs is 2. The van der Waals surface area contributed by atoms with Crippen LogP contribution in [0.5, 0.6) is 17.4 Å². The molecule has 1 unspecified atom stereocenters. The summed E-state index contributed by atoms with van der Waals surface area (Å²) in [4.78, 5) is 36.2. The maximum atomic E-state index is 12.7. The maximum Gasteiger partial charge on any atom is 0.255 e. The molecule has 0 spiro atoms. The van der Waals surface area contributed by atoms with Gasteiger partial charge in [-0.1, -0.05) is 0 Å². The van der Waals surface area contributed by atoms with Crippen molar-refractivity contribution in [2.45, 2.75) is 32.8 Å². The van der Waals surface area contributed by atoms with Gasteiger partial charge in [0.1, 0.15) is 30.0 Å². The summed E-state index contributed by atoms with van der Waals surface area (Å²) >= 11 is 0. The Labute approximate surface area is 199 Å². The number of aryl methyl sites for hydroxylation is 2. The van der Waals surface area contributed by atoms with Gasteiger partial charge in [-0.25, -0.2) is 4.98 Å². The van der Waals surface area contributed by atoms with Crippen molar-refractivity contribution in [3.8, 4) is 17.4 Å². The summed E-state index contributed by atoms with van der Waals surface area (Å²) in [7, 11) is 1.56. The Hall–Kier alpha value is -3.40. The molecule has 4 rings (SSSR count). The molecule has 2 amide bonds. The number of hydrogen-bond acceptors (Lipinski definition) is 8. The van der Waals surface area contributed by atoms with E-state index in [-0.39, 0.29) is 31.1 Å². The van der Waals surface area contributed by atoms with E-state index in [4.69, 9.17) is 14.2 Å². The van der Waals surface area contributed by atoms with Crippen LogP contribution in [0.15, 0.2) is 18.2 Å². The number of aromatic nitrogens is 2. The van der Waals surface area contributed by atoms with E-state index in [0.717, 1.165) is 11.3 Å². The lowest BCUT2D eigenvalue weighted by Crippen LogP contribution is -2.44. The molecule has 10 heteroatoms. The van der Waals surface area contributed by atoms with E-state index >= 15 is 0 Å². The first-order valence-electron chi connectivity index (χ1n) is 11.5. The minimum Gasteiger partial charge on any atom is -0.497 e. The van der Waals surface area contributed by atoms with E-state index < -0.39 is 0 Å². The van der Waals surface area contributed by atoms with Crippen molar-refractivity contribution in [2.24, 2.45) is 0 Å². The van der Waals surface area contributed by atoms with Crippen molar-refractivity contribution in [1.29, 1.82) is 0 Å². The molecule has 10 nitrogen and oxygen atoms in total. The van der Waals surface area contributed by atoms with Crippen LogP contribution in [0, 0.1) is 13.8 Å². The molecule has 182 valence electrons. The van der Waals surface area contributed by atoms with Crippen LogP contribution in [-0.2, 0) is 11.2 Å². The van der Waals surface area contributed by atoms with Crippen LogP contribution >= 0.6 is 0 Å². The first-order chi connectivity index (χ1) is 16.4. The number of rotatable bonds is 3. The van der Waals surface area contributed by atoms with Gasteiger partial charge in [0.05, 0.1) is 25.8 Å². The smallest absolute Gasteiger partial charge is 0.255 e. The number of nitrogens with one attached hydrogen (secondary N) is 2. The minimum absolute atomic E-state index is 0.0853. The highest BCUT2D eigenvalue weighted by atomic mass is 16.5. The Morgan fingerprint density at radius 3 is 2.85 bits per heavy atom. The number of nitrogens with zero attached hydrogens (tertiary/aromatic N) is 3. The Bertz CT molecular complexity index is 1060. The molecule has 0 radical (unpaired) electrons. The molecule has 2 N–H and O–H groups in total. The lowest BCUT2D eigenvalue weighted by Gasteiger charge is -2.25. The highest BCUT2D eigenvalue weighted by Crippen LogP contribution is 2.29. The number of methoxy groups -OCH3 is 1. The number of carbonyl (C=O) groups excluding carboxylic acids is 2. The molecule has 2 aliphatic rings. The molecule has 1 aromatic heterocycles. The minimum atomic E-state index is -0.204. The zero-order chi connectivity index (χ0) is 24.1. The zero-order valence-electron chi connectivity index (χ0n) is 19.8. The molecule has 1 aromatic carbocycles. The fourth-order valence-electron chi connectivity index (χ4n) is 4.24. The van der Waals surface area contributed by atoms with Crippen molar-refractivity contribution in [2.75, 3.05) is 46.4 Å². The quantitative estimate of drug-likeness (QED) is 0.685. The summed E-state index contributed by atoms with van der Waals surface area (Å²) in [5, 5.41) is 5.84. The largest absolute Gasteiger partial charge is 0.497 e. The van der Waals surface area contributed by atoms with Gasteiger partial charge in [0.15, 0.2) is 0 Å². The molecule has 3 heterocycles. The van der Waals surface area contributed by atoms with E-state index in [1.165, 1.54) is 0 Å². The third kappa shape index (κ3) is 5.74. The fourth-order valence-corrected chi connectivity index (χ4v) is 4.24. The third-order valence-electron chi connectivity index (χ3n) is 5.88. The topological polar surface area (TPSA) is 115 Å². The van der Waals surface area contributed by atoms with E-state index in [9.17, 15) is 9.59 Å². The Balaban J connectivity index is 1.40. The lowest BCUT2D eigenvalue weighted by molar-refractivity contribution is -0.122. The van der Waals surface area contributed by atoms with Crippen molar-refractivity contribution in [1.82, 2.24) is 25.5 Å².